The maximum absolute atomic E-state index is 10.6. The Labute approximate surface area is 157 Å². The van der Waals surface area contributed by atoms with E-state index >= 15 is 0 Å². The first-order valence-corrected chi connectivity index (χ1v) is 9.05. The smallest absolute Gasteiger partial charge is 0.211 e. The summed E-state index contributed by atoms with van der Waals surface area (Å²) in [6, 6.07) is 13.5. The Hall–Kier alpha value is -2.90. The monoisotopic (exact) mass is 366 g/mol. The summed E-state index contributed by atoms with van der Waals surface area (Å²) < 4.78 is 13.5. The molecule has 3 aromatic rings. The summed E-state index contributed by atoms with van der Waals surface area (Å²) in [6.45, 7) is 4.97. The van der Waals surface area contributed by atoms with E-state index in [0.717, 1.165) is 61.0 Å². The summed E-state index contributed by atoms with van der Waals surface area (Å²) in [6.07, 6.45) is 2.46. The topological polar surface area (TPSA) is 68.6 Å². The summed E-state index contributed by atoms with van der Waals surface area (Å²) in [4.78, 5) is 17.4. The molecule has 1 amide bonds. The van der Waals surface area contributed by atoms with Crippen molar-refractivity contribution in [3.8, 4) is 11.4 Å². The van der Waals surface area contributed by atoms with Gasteiger partial charge in [0, 0.05) is 31.0 Å². The van der Waals surface area contributed by atoms with Crippen LogP contribution in [-0.4, -0.2) is 60.3 Å². The highest BCUT2D eigenvalue weighted by Gasteiger charge is 2.13. The number of carbonyl (C=O) groups excluding carboxylic acids is 1. The van der Waals surface area contributed by atoms with Gasteiger partial charge in [-0.05, 0) is 36.4 Å². The van der Waals surface area contributed by atoms with Crippen LogP contribution >= 0.6 is 0 Å². The first kappa shape index (κ1) is 17.5. The van der Waals surface area contributed by atoms with Crippen LogP contribution in [0.3, 0.4) is 0 Å². The molecule has 0 saturated carbocycles. The molecule has 2 aromatic carbocycles. The van der Waals surface area contributed by atoms with Gasteiger partial charge in [-0.3, -0.25) is 14.3 Å². The number of para-hydroxylation sites is 1. The van der Waals surface area contributed by atoms with E-state index < -0.39 is 0 Å². The molecule has 1 saturated heterocycles. The molecule has 0 atom stereocenters. The third-order valence-corrected chi connectivity index (χ3v) is 4.67. The van der Waals surface area contributed by atoms with Gasteiger partial charge in [0.25, 0.3) is 0 Å². The van der Waals surface area contributed by atoms with Gasteiger partial charge < -0.3 is 14.8 Å². The molecule has 7 nitrogen and oxygen atoms in total. The number of hydrogen-bond donors (Lipinski definition) is 1. The molecule has 140 valence electrons. The van der Waals surface area contributed by atoms with Gasteiger partial charge in [0.1, 0.15) is 24.2 Å². The van der Waals surface area contributed by atoms with Crippen molar-refractivity contribution in [1.82, 2.24) is 14.5 Å². The second kappa shape index (κ2) is 8.20. The largest absolute Gasteiger partial charge is 0.490 e. The van der Waals surface area contributed by atoms with E-state index in [1.165, 1.54) is 0 Å². The fourth-order valence-corrected chi connectivity index (χ4v) is 3.24. The molecule has 7 heteroatoms. The van der Waals surface area contributed by atoms with Crippen molar-refractivity contribution >= 4 is 23.1 Å². The van der Waals surface area contributed by atoms with Crippen LogP contribution in [0.2, 0.25) is 0 Å². The number of fused-ring (bicyclic) bond motifs is 1. The Morgan fingerprint density at radius 3 is 2.74 bits per heavy atom. The summed E-state index contributed by atoms with van der Waals surface area (Å²) in [7, 11) is 0. The highest BCUT2D eigenvalue weighted by Crippen LogP contribution is 2.28. The number of nitrogens with one attached hydrogen (secondary N) is 1. The zero-order chi connectivity index (χ0) is 18.5. The van der Waals surface area contributed by atoms with Crippen LogP contribution in [0, 0.1) is 0 Å². The normalized spacial score (nSPS) is 15.0. The van der Waals surface area contributed by atoms with Crippen LogP contribution < -0.4 is 10.1 Å². The van der Waals surface area contributed by atoms with E-state index in [4.69, 9.17) is 9.47 Å². The van der Waals surface area contributed by atoms with Crippen molar-refractivity contribution in [2.45, 2.75) is 0 Å². The Morgan fingerprint density at radius 1 is 1.15 bits per heavy atom. The van der Waals surface area contributed by atoms with E-state index in [1.54, 1.807) is 6.33 Å². The Kier molecular flexibility index (Phi) is 5.32. The summed E-state index contributed by atoms with van der Waals surface area (Å²) in [5.74, 6) is 0.813. The van der Waals surface area contributed by atoms with E-state index in [9.17, 15) is 4.79 Å². The van der Waals surface area contributed by atoms with Crippen LogP contribution in [-0.2, 0) is 9.53 Å². The first-order chi connectivity index (χ1) is 13.3. The lowest BCUT2D eigenvalue weighted by molar-refractivity contribution is -0.105. The highest BCUT2D eigenvalue weighted by molar-refractivity contribution is 5.84. The summed E-state index contributed by atoms with van der Waals surface area (Å²) >= 11 is 0. The lowest BCUT2D eigenvalue weighted by atomic mass is 10.2. The number of benzene rings is 2. The molecule has 1 aromatic heterocycles. The third kappa shape index (κ3) is 3.94. The van der Waals surface area contributed by atoms with E-state index in [0.29, 0.717) is 13.0 Å². The van der Waals surface area contributed by atoms with E-state index in [-0.39, 0.29) is 0 Å². The van der Waals surface area contributed by atoms with Gasteiger partial charge in [0.15, 0.2) is 0 Å². The van der Waals surface area contributed by atoms with Crippen molar-refractivity contribution in [3.63, 3.8) is 0 Å². The second-order valence-electron chi connectivity index (χ2n) is 6.35. The molecule has 4 rings (SSSR count). The second-order valence-corrected chi connectivity index (χ2v) is 6.35. The number of ether oxygens (including phenoxy) is 2. The highest BCUT2D eigenvalue weighted by atomic mass is 16.5. The molecule has 0 spiro atoms. The maximum Gasteiger partial charge on any atom is 0.211 e. The molecule has 0 radical (unpaired) electrons. The third-order valence-electron chi connectivity index (χ3n) is 4.67. The predicted octanol–water partition coefficient (Wildman–Crippen LogP) is 2.30. The molecule has 0 unspecified atom stereocenters. The summed E-state index contributed by atoms with van der Waals surface area (Å²) in [5.41, 5.74) is 3.53. The van der Waals surface area contributed by atoms with Gasteiger partial charge in [-0.2, -0.15) is 0 Å². The van der Waals surface area contributed by atoms with E-state index in [2.05, 4.69) is 15.2 Å². The number of anilines is 1. The first-order valence-electron chi connectivity index (χ1n) is 9.05. The van der Waals surface area contributed by atoms with Crippen LogP contribution in [0.5, 0.6) is 5.75 Å². The number of nitrogens with zero attached hydrogens (tertiary/aromatic N) is 3. The minimum absolute atomic E-state index is 0.618. The van der Waals surface area contributed by atoms with Crippen molar-refractivity contribution < 1.29 is 14.3 Å². The van der Waals surface area contributed by atoms with Crippen LogP contribution in [0.15, 0.2) is 48.8 Å². The molecule has 1 aliphatic heterocycles. The molecule has 1 aliphatic rings. The lowest BCUT2D eigenvalue weighted by Crippen LogP contribution is -2.38. The van der Waals surface area contributed by atoms with Crippen LogP contribution in [0.1, 0.15) is 0 Å². The predicted molar refractivity (Wildman–Crippen MR) is 104 cm³/mol. The molecule has 1 fully saturated rings. The number of hydrogen-bond acceptors (Lipinski definition) is 5. The number of amides is 1. The SMILES string of the molecule is O=CNc1ccc(-n2cnc3cccc(OCCN4CCOCC4)c32)cc1. The van der Waals surface area contributed by atoms with Crippen LogP contribution in [0.4, 0.5) is 5.69 Å². The number of morpholine rings is 1. The molecule has 1 N–H and O–H groups in total. The van der Waals surface area contributed by atoms with Gasteiger partial charge in [-0.1, -0.05) is 6.07 Å². The minimum Gasteiger partial charge on any atom is -0.490 e. The molecule has 0 bridgehead atoms. The molecular weight excluding hydrogens is 344 g/mol. The number of rotatable bonds is 7. The molecule has 27 heavy (non-hydrogen) atoms. The minimum atomic E-state index is 0.618. The lowest BCUT2D eigenvalue weighted by Gasteiger charge is -2.26. The Morgan fingerprint density at radius 2 is 1.96 bits per heavy atom. The van der Waals surface area contributed by atoms with Crippen molar-refractivity contribution in [3.05, 3.63) is 48.8 Å². The average molecular weight is 366 g/mol. The number of aromatic nitrogens is 2. The van der Waals surface area contributed by atoms with Crippen molar-refractivity contribution in [1.29, 1.82) is 0 Å². The van der Waals surface area contributed by atoms with Crippen molar-refractivity contribution in [2.24, 2.45) is 0 Å². The zero-order valence-electron chi connectivity index (χ0n) is 15.0. The Balaban J connectivity index is 1.54. The quantitative estimate of drug-likeness (QED) is 0.650. The van der Waals surface area contributed by atoms with E-state index in [1.807, 2.05) is 47.0 Å². The maximum atomic E-state index is 10.6. The molecular formula is C20H22N4O3. The number of imidazole rings is 1. The van der Waals surface area contributed by atoms with Gasteiger partial charge in [-0.15, -0.1) is 0 Å². The molecule has 0 aliphatic carbocycles. The van der Waals surface area contributed by atoms with Crippen molar-refractivity contribution in [2.75, 3.05) is 44.8 Å². The Bertz CT molecular complexity index is 901. The van der Waals surface area contributed by atoms with Gasteiger partial charge >= 0.3 is 0 Å². The number of carbonyl (C=O) groups is 1. The average Bonchev–Trinajstić information content (AvgIpc) is 3.15. The molecule has 2 heterocycles. The fourth-order valence-electron chi connectivity index (χ4n) is 3.24. The fraction of sp³-hybridized carbons (Fsp3) is 0.300. The zero-order valence-corrected chi connectivity index (χ0v) is 15.0. The standard InChI is InChI=1S/C20H22N4O3/c25-15-22-16-4-6-17(7-5-16)24-14-21-18-2-1-3-19(20(18)24)27-13-10-23-8-11-26-12-9-23/h1-7,14-15H,8-13H2,(H,22,25). The van der Waals surface area contributed by atoms with Gasteiger partial charge in [0.05, 0.1) is 18.7 Å². The van der Waals surface area contributed by atoms with Crippen LogP contribution in [0.25, 0.3) is 16.7 Å². The summed E-state index contributed by atoms with van der Waals surface area (Å²) in [5, 5.41) is 2.64. The van der Waals surface area contributed by atoms with Gasteiger partial charge in [-0.25, -0.2) is 4.98 Å². The van der Waals surface area contributed by atoms with Gasteiger partial charge in [0.2, 0.25) is 6.41 Å².